The minimum Gasteiger partial charge on any atom is -0.480 e. The Balaban J connectivity index is 2.03. The molecule has 0 heterocycles. The van der Waals surface area contributed by atoms with Crippen molar-refractivity contribution in [1.29, 1.82) is 0 Å². The van der Waals surface area contributed by atoms with Crippen LogP contribution in [-0.4, -0.2) is 29.1 Å². The maximum Gasteiger partial charge on any atom is 0.320 e. The third kappa shape index (κ3) is 4.71. The summed E-state index contributed by atoms with van der Waals surface area (Å²) >= 11 is 5.93. The van der Waals surface area contributed by atoms with Gasteiger partial charge in [0.2, 0.25) is 0 Å². The summed E-state index contributed by atoms with van der Waals surface area (Å²) in [7, 11) is 1.79. The van der Waals surface area contributed by atoms with E-state index in [1.54, 1.807) is 24.9 Å². The van der Waals surface area contributed by atoms with Crippen LogP contribution in [0.15, 0.2) is 42.5 Å². The molecule has 5 heteroatoms. The largest absolute Gasteiger partial charge is 0.480 e. The van der Waals surface area contributed by atoms with Crippen LogP contribution in [0.25, 0.3) is 0 Å². The van der Waals surface area contributed by atoms with Gasteiger partial charge >= 0.3 is 5.97 Å². The Hall–Kier alpha value is -2.04. The number of carboxylic acid groups (broad SMARTS) is 1. The first-order valence-electron chi connectivity index (χ1n) is 7.33. The predicted octanol–water partition coefficient (Wildman–Crippen LogP) is 4.35. The Morgan fingerprint density at radius 1 is 1.26 bits per heavy atom. The number of carboxylic acids is 1. The van der Waals surface area contributed by atoms with Crippen LogP contribution in [-0.2, 0) is 11.3 Å². The highest BCUT2D eigenvalue weighted by molar-refractivity contribution is 6.30. The first-order valence-corrected chi connectivity index (χ1v) is 7.70. The summed E-state index contributed by atoms with van der Waals surface area (Å²) in [4.78, 5) is 12.8. The molecule has 0 aromatic heterocycles. The second-order valence-corrected chi connectivity index (χ2v) is 6.02. The Bertz CT molecular complexity index is 685. The molecule has 2 aromatic carbocycles. The molecular weight excluding hydrogens is 314 g/mol. The average Bonchev–Trinajstić information content (AvgIpc) is 2.51. The molecule has 4 nitrogen and oxygen atoms in total. The lowest BCUT2D eigenvalue weighted by Gasteiger charge is -2.21. The third-order valence-corrected chi connectivity index (χ3v) is 3.97. The lowest BCUT2D eigenvalue weighted by molar-refractivity contribution is -0.142. The molecule has 122 valence electrons. The van der Waals surface area contributed by atoms with Gasteiger partial charge in [0.1, 0.15) is 17.5 Å². The number of aliphatic carboxylic acids is 1. The van der Waals surface area contributed by atoms with Gasteiger partial charge < -0.3 is 9.84 Å². The molecule has 2 rings (SSSR count). The first-order chi connectivity index (χ1) is 10.9. The number of aryl methyl sites for hydroxylation is 1. The fraction of sp³-hybridized carbons (Fsp3) is 0.278. The van der Waals surface area contributed by atoms with Crippen molar-refractivity contribution in [2.45, 2.75) is 26.4 Å². The van der Waals surface area contributed by atoms with Crippen LogP contribution in [0.1, 0.15) is 18.1 Å². The minimum absolute atomic E-state index is 0.525. The zero-order chi connectivity index (χ0) is 17.0. The van der Waals surface area contributed by atoms with E-state index >= 15 is 0 Å². The second kappa shape index (κ2) is 7.49. The summed E-state index contributed by atoms with van der Waals surface area (Å²) in [5, 5.41) is 9.69. The van der Waals surface area contributed by atoms with Crippen molar-refractivity contribution in [1.82, 2.24) is 4.90 Å². The summed E-state index contributed by atoms with van der Waals surface area (Å²) in [6.07, 6.45) is 0. The summed E-state index contributed by atoms with van der Waals surface area (Å²) in [6.45, 7) is 4.18. The van der Waals surface area contributed by atoms with E-state index in [0.717, 1.165) is 22.6 Å². The molecule has 23 heavy (non-hydrogen) atoms. The van der Waals surface area contributed by atoms with Crippen molar-refractivity contribution < 1.29 is 14.6 Å². The van der Waals surface area contributed by atoms with E-state index in [2.05, 4.69) is 0 Å². The van der Waals surface area contributed by atoms with Gasteiger partial charge in [0.05, 0.1) is 0 Å². The maximum atomic E-state index is 11.0. The smallest absolute Gasteiger partial charge is 0.320 e. The van der Waals surface area contributed by atoms with Crippen molar-refractivity contribution in [3.8, 4) is 11.5 Å². The highest BCUT2D eigenvalue weighted by Crippen LogP contribution is 2.27. The topological polar surface area (TPSA) is 49.8 Å². The molecule has 1 N–H and O–H groups in total. The minimum atomic E-state index is -0.828. The molecule has 0 aliphatic carbocycles. The number of likely N-dealkylation sites (N-methyl/N-ethyl adjacent to an activating group) is 1. The molecule has 0 saturated carbocycles. The molecular formula is C18H20ClNO3. The van der Waals surface area contributed by atoms with E-state index in [1.807, 2.05) is 43.3 Å². The predicted molar refractivity (Wildman–Crippen MR) is 91.3 cm³/mol. The number of benzene rings is 2. The molecule has 0 fully saturated rings. The normalized spacial score (nSPS) is 12.2. The molecule has 0 radical (unpaired) electrons. The van der Waals surface area contributed by atoms with Gasteiger partial charge in [0, 0.05) is 11.6 Å². The van der Waals surface area contributed by atoms with Crippen molar-refractivity contribution >= 4 is 17.6 Å². The molecule has 0 amide bonds. The summed E-state index contributed by atoms with van der Waals surface area (Å²) < 4.78 is 5.84. The Labute approximate surface area is 141 Å². The Kier molecular flexibility index (Phi) is 5.64. The average molecular weight is 334 g/mol. The standard InChI is InChI=1S/C18H20ClNO3/c1-12-10-15(19)6-9-17(12)23-16-7-4-14(5-8-16)11-20(3)13(2)18(21)22/h4-10,13H,11H2,1-3H3,(H,21,22). The number of carbonyl (C=O) groups is 1. The van der Waals surface area contributed by atoms with E-state index in [-0.39, 0.29) is 0 Å². The van der Waals surface area contributed by atoms with Crippen molar-refractivity contribution in [2.24, 2.45) is 0 Å². The number of hydrogen-bond acceptors (Lipinski definition) is 3. The van der Waals surface area contributed by atoms with Crippen molar-refractivity contribution in [2.75, 3.05) is 7.05 Å². The quantitative estimate of drug-likeness (QED) is 0.854. The number of rotatable bonds is 6. The molecule has 0 aliphatic heterocycles. The van der Waals surface area contributed by atoms with E-state index in [1.165, 1.54) is 0 Å². The number of hydrogen-bond donors (Lipinski definition) is 1. The van der Waals surface area contributed by atoms with Gasteiger partial charge in [0.25, 0.3) is 0 Å². The number of ether oxygens (including phenoxy) is 1. The van der Waals surface area contributed by atoms with Crippen LogP contribution in [0.2, 0.25) is 5.02 Å². The molecule has 2 aromatic rings. The lowest BCUT2D eigenvalue weighted by atomic mass is 10.2. The van der Waals surface area contributed by atoms with Gasteiger partial charge in [-0.3, -0.25) is 9.69 Å². The fourth-order valence-corrected chi connectivity index (χ4v) is 2.36. The summed E-state index contributed by atoms with van der Waals surface area (Å²) in [6, 6.07) is 12.6. The van der Waals surface area contributed by atoms with Crippen molar-refractivity contribution in [3.63, 3.8) is 0 Å². The van der Waals surface area contributed by atoms with Gasteiger partial charge in [-0.25, -0.2) is 0 Å². The molecule has 0 spiro atoms. The Morgan fingerprint density at radius 3 is 2.48 bits per heavy atom. The number of nitrogens with zero attached hydrogens (tertiary/aromatic N) is 1. The van der Waals surface area contributed by atoms with Gasteiger partial charge in [-0.2, -0.15) is 0 Å². The van der Waals surface area contributed by atoms with Gasteiger partial charge in [-0.05, 0) is 62.4 Å². The lowest BCUT2D eigenvalue weighted by Crippen LogP contribution is -2.35. The third-order valence-electron chi connectivity index (χ3n) is 3.74. The van der Waals surface area contributed by atoms with Gasteiger partial charge in [-0.15, -0.1) is 0 Å². The van der Waals surface area contributed by atoms with E-state index < -0.39 is 12.0 Å². The van der Waals surface area contributed by atoms with E-state index in [4.69, 9.17) is 21.4 Å². The first kappa shape index (κ1) is 17.3. The molecule has 1 atom stereocenters. The highest BCUT2D eigenvalue weighted by Gasteiger charge is 2.16. The SMILES string of the molecule is Cc1cc(Cl)ccc1Oc1ccc(CN(C)C(C)C(=O)O)cc1. The summed E-state index contributed by atoms with van der Waals surface area (Å²) in [5.74, 6) is 0.664. The summed E-state index contributed by atoms with van der Waals surface area (Å²) in [5.41, 5.74) is 2.00. The van der Waals surface area contributed by atoms with Crippen molar-refractivity contribution in [3.05, 3.63) is 58.6 Å². The molecule has 0 aliphatic rings. The molecule has 0 saturated heterocycles. The monoisotopic (exact) mass is 333 g/mol. The maximum absolute atomic E-state index is 11.0. The molecule has 1 unspecified atom stereocenters. The van der Waals surface area contributed by atoms with E-state index in [0.29, 0.717) is 11.6 Å². The number of halogens is 1. The zero-order valence-electron chi connectivity index (χ0n) is 13.4. The van der Waals surface area contributed by atoms with E-state index in [9.17, 15) is 4.79 Å². The van der Waals surface area contributed by atoms with Crippen LogP contribution in [0.3, 0.4) is 0 Å². The highest BCUT2D eigenvalue weighted by atomic mass is 35.5. The second-order valence-electron chi connectivity index (χ2n) is 5.59. The van der Waals surface area contributed by atoms with Crippen LogP contribution in [0.4, 0.5) is 0 Å². The van der Waals surface area contributed by atoms with Crippen LogP contribution in [0, 0.1) is 6.92 Å². The van der Waals surface area contributed by atoms with Gasteiger partial charge in [0.15, 0.2) is 0 Å². The van der Waals surface area contributed by atoms with Crippen LogP contribution >= 0.6 is 11.6 Å². The van der Waals surface area contributed by atoms with Crippen LogP contribution in [0.5, 0.6) is 11.5 Å². The fourth-order valence-electron chi connectivity index (χ4n) is 2.13. The van der Waals surface area contributed by atoms with Crippen LogP contribution < -0.4 is 4.74 Å². The van der Waals surface area contributed by atoms with Gasteiger partial charge in [-0.1, -0.05) is 23.7 Å². The zero-order valence-corrected chi connectivity index (χ0v) is 14.2. The molecule has 0 bridgehead atoms. The Morgan fingerprint density at radius 2 is 1.91 bits per heavy atom.